The Bertz CT molecular complexity index is 462. The molecular formula is C14H18N2O3. The molecule has 1 heterocycles. The maximum Gasteiger partial charge on any atom is 0.272 e. The molecule has 0 spiro atoms. The van der Waals surface area contributed by atoms with E-state index in [1.54, 1.807) is 12.1 Å². The standard InChI is InChI=1S/C14H18N2O3/c17-11-13-6-3-4-9-15(13)10-8-12-5-1-2-7-14(12)16(18)19/h1-2,5,7,11,13H,3-4,6,8-10H2. The highest BCUT2D eigenvalue weighted by molar-refractivity contribution is 5.57. The fourth-order valence-corrected chi connectivity index (χ4v) is 2.61. The van der Waals surface area contributed by atoms with Crippen LogP contribution in [0.15, 0.2) is 24.3 Å². The molecule has 5 heteroatoms. The largest absolute Gasteiger partial charge is 0.302 e. The lowest BCUT2D eigenvalue weighted by molar-refractivity contribution is -0.385. The topological polar surface area (TPSA) is 63.5 Å². The Balaban J connectivity index is 2.02. The van der Waals surface area contributed by atoms with E-state index in [4.69, 9.17) is 0 Å². The van der Waals surface area contributed by atoms with Crippen molar-refractivity contribution in [1.29, 1.82) is 0 Å². The van der Waals surface area contributed by atoms with Gasteiger partial charge < -0.3 is 4.79 Å². The van der Waals surface area contributed by atoms with Crippen molar-refractivity contribution in [2.24, 2.45) is 0 Å². The summed E-state index contributed by atoms with van der Waals surface area (Å²) in [5.41, 5.74) is 0.907. The number of para-hydroxylation sites is 1. The third kappa shape index (κ3) is 3.38. The van der Waals surface area contributed by atoms with Crippen molar-refractivity contribution in [2.45, 2.75) is 31.7 Å². The second kappa shape index (κ2) is 6.43. The van der Waals surface area contributed by atoms with Gasteiger partial charge in [-0.2, -0.15) is 0 Å². The van der Waals surface area contributed by atoms with E-state index >= 15 is 0 Å². The number of carbonyl (C=O) groups excluding carboxylic acids is 1. The Kier molecular flexibility index (Phi) is 4.63. The second-order valence-electron chi connectivity index (χ2n) is 4.87. The lowest BCUT2D eigenvalue weighted by Gasteiger charge is -2.32. The molecule has 19 heavy (non-hydrogen) atoms. The Labute approximate surface area is 112 Å². The molecule has 2 rings (SSSR count). The van der Waals surface area contributed by atoms with Crippen LogP contribution in [0.2, 0.25) is 0 Å². The van der Waals surface area contributed by atoms with Crippen LogP contribution in [0.1, 0.15) is 24.8 Å². The number of nitro benzene ring substituents is 1. The fourth-order valence-electron chi connectivity index (χ4n) is 2.61. The van der Waals surface area contributed by atoms with Gasteiger partial charge in [-0.05, 0) is 25.8 Å². The van der Waals surface area contributed by atoms with Crippen molar-refractivity contribution in [1.82, 2.24) is 4.90 Å². The minimum atomic E-state index is -0.345. The molecule has 0 aliphatic carbocycles. The van der Waals surface area contributed by atoms with E-state index in [-0.39, 0.29) is 16.7 Å². The molecule has 0 amide bonds. The average molecular weight is 262 g/mol. The van der Waals surface area contributed by atoms with Gasteiger partial charge in [0.1, 0.15) is 6.29 Å². The predicted molar refractivity (Wildman–Crippen MR) is 72.1 cm³/mol. The first-order valence-corrected chi connectivity index (χ1v) is 6.64. The van der Waals surface area contributed by atoms with Crippen molar-refractivity contribution < 1.29 is 9.72 Å². The van der Waals surface area contributed by atoms with Crippen LogP contribution in [0.3, 0.4) is 0 Å². The van der Waals surface area contributed by atoms with E-state index in [1.807, 2.05) is 6.07 Å². The van der Waals surface area contributed by atoms with Gasteiger partial charge in [-0.3, -0.25) is 15.0 Å². The quantitative estimate of drug-likeness (QED) is 0.463. The zero-order valence-corrected chi connectivity index (χ0v) is 10.8. The number of nitro groups is 1. The summed E-state index contributed by atoms with van der Waals surface area (Å²) in [5.74, 6) is 0. The Morgan fingerprint density at radius 2 is 2.16 bits per heavy atom. The molecule has 1 fully saturated rings. The fraction of sp³-hybridized carbons (Fsp3) is 0.500. The van der Waals surface area contributed by atoms with Crippen molar-refractivity contribution in [3.8, 4) is 0 Å². The monoisotopic (exact) mass is 262 g/mol. The van der Waals surface area contributed by atoms with Gasteiger partial charge in [0.05, 0.1) is 11.0 Å². The summed E-state index contributed by atoms with van der Waals surface area (Å²) in [6, 6.07) is 6.80. The highest BCUT2D eigenvalue weighted by atomic mass is 16.6. The maximum absolute atomic E-state index is 11.0. The number of likely N-dealkylation sites (tertiary alicyclic amines) is 1. The van der Waals surface area contributed by atoms with Gasteiger partial charge in [-0.1, -0.05) is 24.6 Å². The summed E-state index contributed by atoms with van der Waals surface area (Å²) < 4.78 is 0. The summed E-state index contributed by atoms with van der Waals surface area (Å²) in [5, 5.41) is 10.9. The average Bonchev–Trinajstić information content (AvgIpc) is 2.45. The first-order chi connectivity index (χ1) is 9.22. The van der Waals surface area contributed by atoms with Crippen LogP contribution < -0.4 is 0 Å². The van der Waals surface area contributed by atoms with Gasteiger partial charge >= 0.3 is 0 Å². The molecule has 5 nitrogen and oxygen atoms in total. The summed E-state index contributed by atoms with van der Waals surface area (Å²) >= 11 is 0. The summed E-state index contributed by atoms with van der Waals surface area (Å²) in [6.45, 7) is 1.61. The molecule has 0 saturated carbocycles. The van der Waals surface area contributed by atoms with Gasteiger partial charge in [0.25, 0.3) is 5.69 Å². The minimum Gasteiger partial charge on any atom is -0.302 e. The molecule has 0 bridgehead atoms. The second-order valence-corrected chi connectivity index (χ2v) is 4.87. The van der Waals surface area contributed by atoms with Crippen molar-refractivity contribution in [2.75, 3.05) is 13.1 Å². The zero-order valence-electron chi connectivity index (χ0n) is 10.8. The number of hydrogen-bond acceptors (Lipinski definition) is 4. The van der Waals surface area contributed by atoms with Crippen LogP contribution in [-0.2, 0) is 11.2 Å². The van der Waals surface area contributed by atoms with E-state index < -0.39 is 0 Å². The van der Waals surface area contributed by atoms with E-state index in [9.17, 15) is 14.9 Å². The van der Waals surface area contributed by atoms with E-state index in [0.29, 0.717) is 13.0 Å². The third-order valence-electron chi connectivity index (χ3n) is 3.68. The van der Waals surface area contributed by atoms with E-state index in [0.717, 1.165) is 37.7 Å². The molecule has 0 aromatic heterocycles. The number of rotatable bonds is 5. The summed E-state index contributed by atoms with van der Waals surface area (Å²) in [4.78, 5) is 23.7. The molecule has 1 aliphatic heterocycles. The predicted octanol–water partition coefficient (Wildman–Crippen LogP) is 2.19. The van der Waals surface area contributed by atoms with Gasteiger partial charge in [0, 0.05) is 18.2 Å². The Morgan fingerprint density at radius 1 is 1.37 bits per heavy atom. The molecule has 1 aromatic carbocycles. The summed E-state index contributed by atoms with van der Waals surface area (Å²) in [6.07, 6.45) is 4.70. The third-order valence-corrected chi connectivity index (χ3v) is 3.68. The maximum atomic E-state index is 11.0. The highest BCUT2D eigenvalue weighted by Gasteiger charge is 2.22. The van der Waals surface area contributed by atoms with E-state index in [1.165, 1.54) is 6.07 Å². The molecule has 102 valence electrons. The van der Waals surface area contributed by atoms with Gasteiger partial charge in [0.15, 0.2) is 0 Å². The molecular weight excluding hydrogens is 244 g/mol. The minimum absolute atomic E-state index is 0.0171. The van der Waals surface area contributed by atoms with Crippen LogP contribution in [0.5, 0.6) is 0 Å². The summed E-state index contributed by atoms with van der Waals surface area (Å²) in [7, 11) is 0. The van der Waals surface area contributed by atoms with Crippen LogP contribution >= 0.6 is 0 Å². The normalized spacial score (nSPS) is 20.1. The number of piperidine rings is 1. The number of benzene rings is 1. The van der Waals surface area contributed by atoms with Crippen LogP contribution in [0.25, 0.3) is 0 Å². The van der Waals surface area contributed by atoms with Crippen LogP contribution in [-0.4, -0.2) is 35.2 Å². The molecule has 1 aliphatic rings. The van der Waals surface area contributed by atoms with Crippen LogP contribution in [0, 0.1) is 10.1 Å². The van der Waals surface area contributed by atoms with Gasteiger partial charge in [-0.15, -0.1) is 0 Å². The van der Waals surface area contributed by atoms with Crippen molar-refractivity contribution in [3.63, 3.8) is 0 Å². The molecule has 1 atom stereocenters. The molecule has 1 unspecified atom stereocenters. The highest BCUT2D eigenvalue weighted by Crippen LogP contribution is 2.20. The number of carbonyl (C=O) groups is 1. The zero-order chi connectivity index (χ0) is 13.7. The Morgan fingerprint density at radius 3 is 2.89 bits per heavy atom. The molecule has 0 radical (unpaired) electrons. The Hall–Kier alpha value is -1.75. The number of hydrogen-bond donors (Lipinski definition) is 0. The molecule has 1 aromatic rings. The first-order valence-electron chi connectivity index (χ1n) is 6.64. The molecule has 1 saturated heterocycles. The lowest BCUT2D eigenvalue weighted by atomic mass is 10.0. The van der Waals surface area contributed by atoms with E-state index in [2.05, 4.69) is 4.90 Å². The first kappa shape index (κ1) is 13.7. The van der Waals surface area contributed by atoms with Crippen LogP contribution in [0.4, 0.5) is 5.69 Å². The lowest BCUT2D eigenvalue weighted by Crippen LogP contribution is -2.41. The SMILES string of the molecule is O=CC1CCCCN1CCc1ccccc1[N+](=O)[O-]. The smallest absolute Gasteiger partial charge is 0.272 e. The van der Waals surface area contributed by atoms with Gasteiger partial charge in [0.2, 0.25) is 0 Å². The molecule has 0 N–H and O–H groups in total. The van der Waals surface area contributed by atoms with Crippen molar-refractivity contribution in [3.05, 3.63) is 39.9 Å². The van der Waals surface area contributed by atoms with Gasteiger partial charge in [-0.25, -0.2) is 0 Å². The van der Waals surface area contributed by atoms with Crippen molar-refractivity contribution >= 4 is 12.0 Å². The number of aldehydes is 1. The number of nitrogens with zero attached hydrogens (tertiary/aromatic N) is 2.